The van der Waals surface area contributed by atoms with Crippen molar-refractivity contribution >= 4 is 28.4 Å². The molecular weight excluding hydrogens is 516 g/mol. The van der Waals surface area contributed by atoms with Crippen LogP contribution in [0.3, 0.4) is 0 Å². The second-order valence-electron chi connectivity index (χ2n) is 9.07. The number of carbonyl (C=O) groups excluding carboxylic acids is 2. The number of benzene rings is 2. The largest absolute Gasteiger partial charge is 0.390 e. The molecule has 41 heavy (non-hydrogen) atoms. The van der Waals surface area contributed by atoms with Crippen LogP contribution in [0.25, 0.3) is 10.8 Å². The first-order valence-corrected chi connectivity index (χ1v) is 13.1. The summed E-state index contributed by atoms with van der Waals surface area (Å²) >= 11 is 0. The van der Waals surface area contributed by atoms with Crippen LogP contribution in [0.2, 0.25) is 0 Å². The molecule has 3 aromatic rings. The fourth-order valence-electron chi connectivity index (χ4n) is 3.86. The summed E-state index contributed by atoms with van der Waals surface area (Å²) in [5.74, 6) is 11.4. The van der Waals surface area contributed by atoms with Crippen LogP contribution in [0, 0.1) is 35.0 Å². The minimum Gasteiger partial charge on any atom is -0.390 e. The number of carbonyl (C=O) groups is 2. The van der Waals surface area contributed by atoms with E-state index in [1.807, 2.05) is 32.0 Å². The highest BCUT2D eigenvalue weighted by Gasteiger charge is 2.12. The first kappa shape index (κ1) is 30.4. The molecule has 0 saturated carbocycles. The molecule has 0 aliphatic carbocycles. The summed E-state index contributed by atoms with van der Waals surface area (Å²) in [6, 6.07) is 14.1. The van der Waals surface area contributed by atoms with Gasteiger partial charge in [0, 0.05) is 46.7 Å². The molecular formula is C32H32N6O3. The van der Waals surface area contributed by atoms with E-state index in [1.54, 1.807) is 36.5 Å². The van der Waals surface area contributed by atoms with Gasteiger partial charge in [0.1, 0.15) is 17.5 Å². The van der Waals surface area contributed by atoms with Gasteiger partial charge in [-0.15, -0.1) is 0 Å². The fraction of sp³-hybridized carbons (Fsp3) is 0.250. The third-order valence-corrected chi connectivity index (χ3v) is 6.24. The first-order valence-electron chi connectivity index (χ1n) is 13.1. The molecule has 1 unspecified atom stereocenters. The Labute approximate surface area is 240 Å². The third kappa shape index (κ3) is 8.68. The maximum atomic E-state index is 12.5. The third-order valence-electron chi connectivity index (χ3n) is 6.24. The van der Waals surface area contributed by atoms with Crippen molar-refractivity contribution in [1.82, 2.24) is 20.5 Å². The number of anilines is 1. The van der Waals surface area contributed by atoms with Crippen LogP contribution in [0.4, 0.5) is 5.82 Å². The van der Waals surface area contributed by atoms with E-state index in [0.29, 0.717) is 28.8 Å². The van der Waals surface area contributed by atoms with Crippen LogP contribution in [0.15, 0.2) is 60.8 Å². The number of pyridine rings is 1. The van der Waals surface area contributed by atoms with Crippen LogP contribution >= 0.6 is 0 Å². The average molecular weight is 549 g/mol. The van der Waals surface area contributed by atoms with Gasteiger partial charge in [-0.2, -0.15) is 5.26 Å². The Morgan fingerprint density at radius 2 is 1.78 bits per heavy atom. The number of nitrogens with one attached hydrogen (secondary N) is 2. The van der Waals surface area contributed by atoms with E-state index < -0.39 is 12.0 Å². The summed E-state index contributed by atoms with van der Waals surface area (Å²) in [5.41, 5.74) is 8.37. The molecule has 1 aromatic heterocycles. The Morgan fingerprint density at radius 3 is 2.46 bits per heavy atom. The van der Waals surface area contributed by atoms with E-state index in [9.17, 15) is 14.7 Å². The summed E-state index contributed by atoms with van der Waals surface area (Å²) in [6.45, 7) is 9.82. The highest BCUT2D eigenvalue weighted by atomic mass is 16.3. The van der Waals surface area contributed by atoms with Gasteiger partial charge in [-0.1, -0.05) is 50.2 Å². The van der Waals surface area contributed by atoms with E-state index in [1.165, 1.54) is 0 Å². The number of rotatable bonds is 9. The lowest BCUT2D eigenvalue weighted by Crippen LogP contribution is -2.40. The number of nitrogens with zero attached hydrogens (tertiary/aromatic N) is 3. The zero-order valence-electron chi connectivity index (χ0n) is 23.1. The maximum Gasteiger partial charge on any atom is 0.262 e. The number of hydrogen-bond acceptors (Lipinski definition) is 7. The van der Waals surface area contributed by atoms with Crippen LogP contribution in [0.5, 0.6) is 0 Å². The molecule has 208 valence electrons. The fourth-order valence-corrected chi connectivity index (χ4v) is 3.86. The van der Waals surface area contributed by atoms with Gasteiger partial charge in [0.05, 0.1) is 18.2 Å². The molecule has 0 saturated heterocycles. The van der Waals surface area contributed by atoms with Crippen LogP contribution < -0.4 is 16.4 Å². The first-order chi connectivity index (χ1) is 19.7. The lowest BCUT2D eigenvalue weighted by molar-refractivity contribution is -0.116. The van der Waals surface area contributed by atoms with E-state index >= 15 is 0 Å². The Kier molecular flexibility index (Phi) is 11.0. The van der Waals surface area contributed by atoms with Gasteiger partial charge >= 0.3 is 0 Å². The number of nitrogens with two attached hydrogens (primary N) is 1. The SMILES string of the molecule is C=C(C#N)C(=O)NCC#Cc1ccc2cnc(N)c(C#Cc3ccc(C(=O)NCC(O)CN(CC)CC)cc3)c2c1. The Morgan fingerprint density at radius 1 is 1.07 bits per heavy atom. The molecule has 2 amide bonds. The number of nitriles is 1. The minimum atomic E-state index is -0.647. The zero-order chi connectivity index (χ0) is 29.8. The summed E-state index contributed by atoms with van der Waals surface area (Å²) in [6.07, 6.45) is 1.01. The summed E-state index contributed by atoms with van der Waals surface area (Å²) in [4.78, 5) is 30.5. The van der Waals surface area contributed by atoms with Gasteiger partial charge in [-0.3, -0.25) is 9.59 Å². The number of aliphatic hydroxyl groups excluding tert-OH is 1. The van der Waals surface area contributed by atoms with Crippen LogP contribution in [-0.4, -0.2) is 65.6 Å². The molecule has 2 aromatic carbocycles. The van der Waals surface area contributed by atoms with Gasteiger partial charge in [-0.25, -0.2) is 4.98 Å². The zero-order valence-corrected chi connectivity index (χ0v) is 23.1. The molecule has 0 fully saturated rings. The number of hydrogen-bond donors (Lipinski definition) is 4. The number of aliphatic hydroxyl groups is 1. The highest BCUT2D eigenvalue weighted by molar-refractivity contribution is 5.96. The van der Waals surface area contributed by atoms with E-state index in [0.717, 1.165) is 23.9 Å². The Hall–Kier alpha value is -5.14. The molecule has 1 heterocycles. The van der Waals surface area contributed by atoms with Crippen LogP contribution in [0.1, 0.15) is 40.9 Å². The summed E-state index contributed by atoms with van der Waals surface area (Å²) < 4.78 is 0. The molecule has 0 radical (unpaired) electrons. The lowest BCUT2D eigenvalue weighted by atomic mass is 10.0. The number of fused-ring (bicyclic) bond motifs is 1. The van der Waals surface area contributed by atoms with Gasteiger partial charge in [-0.05, 0) is 49.5 Å². The second-order valence-corrected chi connectivity index (χ2v) is 9.07. The predicted octanol–water partition coefficient (Wildman–Crippen LogP) is 2.20. The van der Waals surface area contributed by atoms with Crippen molar-refractivity contribution in [1.29, 1.82) is 5.26 Å². The Balaban J connectivity index is 1.71. The Bertz CT molecular complexity index is 1600. The number of aromatic nitrogens is 1. The van der Waals surface area contributed by atoms with E-state index in [-0.39, 0.29) is 30.4 Å². The molecule has 0 spiro atoms. The molecule has 9 heteroatoms. The highest BCUT2D eigenvalue weighted by Crippen LogP contribution is 2.23. The van der Waals surface area contributed by atoms with Crippen molar-refractivity contribution in [2.45, 2.75) is 20.0 Å². The molecule has 0 bridgehead atoms. The standard InChI is InChI=1S/C32H32N6O3/c1-4-38(5-2)21-27(39)20-37-32(41)25-12-8-23(9-13-25)11-15-28-29-17-24(10-14-26(29)19-36-30(28)34)7-6-16-35-31(40)22(3)18-33/h8-10,12-14,17,19,27,39H,3-5,16,20-21H2,1-2H3,(H2,34,36)(H,35,40)(H,37,41). The smallest absolute Gasteiger partial charge is 0.262 e. The van der Waals surface area contributed by atoms with Crippen LogP contribution in [-0.2, 0) is 4.79 Å². The molecule has 1 atom stereocenters. The molecule has 3 rings (SSSR count). The number of likely N-dealkylation sites (N-methyl/N-ethyl adjacent to an activating group) is 1. The minimum absolute atomic E-state index is 0.0631. The van der Waals surface area contributed by atoms with Gasteiger partial charge in [0.15, 0.2) is 0 Å². The number of amides is 2. The summed E-state index contributed by atoms with van der Waals surface area (Å²) in [7, 11) is 0. The lowest BCUT2D eigenvalue weighted by Gasteiger charge is -2.22. The van der Waals surface area contributed by atoms with Gasteiger partial charge in [0.2, 0.25) is 0 Å². The van der Waals surface area contributed by atoms with Crippen molar-refractivity contribution < 1.29 is 14.7 Å². The normalized spacial score (nSPS) is 10.9. The van der Waals surface area contributed by atoms with E-state index in [4.69, 9.17) is 11.0 Å². The molecule has 0 aliphatic rings. The topological polar surface area (TPSA) is 144 Å². The maximum absolute atomic E-state index is 12.5. The van der Waals surface area contributed by atoms with Gasteiger partial charge < -0.3 is 26.4 Å². The van der Waals surface area contributed by atoms with Gasteiger partial charge in [0.25, 0.3) is 11.8 Å². The van der Waals surface area contributed by atoms with Crippen molar-refractivity contribution in [3.05, 3.63) is 83.1 Å². The number of nitrogen functional groups attached to an aromatic ring is 1. The van der Waals surface area contributed by atoms with E-state index in [2.05, 4.69) is 50.8 Å². The van der Waals surface area contributed by atoms with Crippen molar-refractivity contribution in [2.24, 2.45) is 0 Å². The quantitative estimate of drug-likeness (QED) is 0.182. The monoisotopic (exact) mass is 548 g/mol. The predicted molar refractivity (Wildman–Crippen MR) is 159 cm³/mol. The molecule has 0 aliphatic heterocycles. The molecule has 5 N–H and O–H groups in total. The van der Waals surface area contributed by atoms with Crippen molar-refractivity contribution in [3.8, 4) is 29.8 Å². The second kappa shape index (κ2) is 14.9. The average Bonchev–Trinajstić information content (AvgIpc) is 2.99. The van der Waals surface area contributed by atoms with Crippen molar-refractivity contribution in [3.63, 3.8) is 0 Å². The van der Waals surface area contributed by atoms with Crippen molar-refractivity contribution in [2.75, 3.05) is 38.5 Å². The molecule has 9 nitrogen and oxygen atoms in total. The summed E-state index contributed by atoms with van der Waals surface area (Å²) in [5, 5.41) is 25.8.